The highest BCUT2D eigenvalue weighted by Crippen LogP contribution is 2.37. The molecule has 2 heterocycles. The van der Waals surface area contributed by atoms with Crippen molar-refractivity contribution in [2.75, 3.05) is 25.2 Å². The second kappa shape index (κ2) is 11.2. The number of fused-ring (bicyclic) bond motifs is 1. The third-order valence-corrected chi connectivity index (χ3v) is 7.23. The number of hydrogen-bond acceptors (Lipinski definition) is 7. The molecule has 1 aliphatic heterocycles. The molecule has 0 amide bonds. The third-order valence-electron chi connectivity index (χ3n) is 6.20. The Balaban J connectivity index is 1.43. The quantitative estimate of drug-likeness (QED) is 0.349. The van der Waals surface area contributed by atoms with Crippen LogP contribution in [-0.2, 0) is 19.4 Å². The summed E-state index contributed by atoms with van der Waals surface area (Å²) < 4.78 is 39.9. The van der Waals surface area contributed by atoms with Gasteiger partial charge in [0.15, 0.2) is 0 Å². The third kappa shape index (κ3) is 7.01. The Labute approximate surface area is 217 Å². The van der Waals surface area contributed by atoms with E-state index in [1.54, 1.807) is 12.3 Å². The summed E-state index contributed by atoms with van der Waals surface area (Å²) in [4.78, 5) is 15.7. The molecule has 2 aromatic rings. The number of sulfone groups is 1. The van der Waals surface area contributed by atoms with Crippen molar-refractivity contribution >= 4 is 15.8 Å². The van der Waals surface area contributed by atoms with E-state index in [9.17, 15) is 13.2 Å². The molecule has 196 valence electrons. The summed E-state index contributed by atoms with van der Waals surface area (Å²) >= 11 is 0. The van der Waals surface area contributed by atoms with Crippen molar-refractivity contribution in [1.82, 2.24) is 4.98 Å². The normalized spacial score (nSPS) is 18.0. The van der Waals surface area contributed by atoms with Crippen LogP contribution in [0.1, 0.15) is 30.4 Å². The molecule has 0 bridgehead atoms. The molecule has 1 fully saturated rings. The maximum atomic E-state index is 11.3. The first kappa shape index (κ1) is 26.5. The monoisotopic (exact) mass is 525 g/mol. The van der Waals surface area contributed by atoms with Crippen LogP contribution in [0.25, 0.3) is 11.3 Å². The smallest absolute Gasteiger partial charge is 0.304 e. The first-order valence-corrected chi connectivity index (χ1v) is 14.2. The second-order valence-electron chi connectivity index (χ2n) is 9.41. The number of aliphatic carboxylic acids is 1. The van der Waals surface area contributed by atoms with E-state index in [1.165, 1.54) is 6.26 Å². The molecule has 1 aliphatic carbocycles. The number of carboxylic acids is 1. The first-order chi connectivity index (χ1) is 17.6. The largest absolute Gasteiger partial charge is 0.494 e. The zero-order valence-electron chi connectivity index (χ0n) is 21.2. The van der Waals surface area contributed by atoms with Gasteiger partial charge in [-0.25, -0.2) is 13.4 Å². The van der Waals surface area contributed by atoms with Crippen LogP contribution in [0.15, 0.2) is 65.7 Å². The maximum Gasteiger partial charge on any atom is 0.304 e. The zero-order chi connectivity index (χ0) is 26.6. The average Bonchev–Trinajstić information content (AvgIpc) is 3.21. The average molecular weight is 526 g/mol. The fraction of sp³-hybridized carbons (Fsp3) is 0.357. The van der Waals surface area contributed by atoms with Crippen molar-refractivity contribution in [3.63, 3.8) is 0 Å². The number of aryl methyl sites for hydroxylation is 2. The van der Waals surface area contributed by atoms with Gasteiger partial charge in [0.2, 0.25) is 5.88 Å². The highest BCUT2D eigenvalue weighted by Gasteiger charge is 2.30. The number of carbonyl (C=O) groups is 1. The predicted molar refractivity (Wildman–Crippen MR) is 140 cm³/mol. The summed E-state index contributed by atoms with van der Waals surface area (Å²) in [6.45, 7) is 4.69. The molecule has 1 saturated heterocycles. The lowest BCUT2D eigenvalue weighted by atomic mass is 9.92. The molecular formula is C28H31NO7S. The van der Waals surface area contributed by atoms with Crippen molar-refractivity contribution in [3.05, 3.63) is 76.8 Å². The Bertz CT molecular complexity index is 1370. The maximum absolute atomic E-state index is 11.3. The fourth-order valence-electron chi connectivity index (χ4n) is 4.55. The van der Waals surface area contributed by atoms with Crippen molar-refractivity contribution in [2.24, 2.45) is 5.92 Å². The van der Waals surface area contributed by atoms with E-state index in [4.69, 9.17) is 19.3 Å². The van der Waals surface area contributed by atoms with Gasteiger partial charge >= 0.3 is 5.97 Å². The van der Waals surface area contributed by atoms with Gasteiger partial charge in [0, 0.05) is 23.8 Å². The van der Waals surface area contributed by atoms with Gasteiger partial charge in [0.25, 0.3) is 0 Å². The second-order valence-corrected chi connectivity index (χ2v) is 11.7. The molecule has 0 saturated carbocycles. The highest BCUT2D eigenvalue weighted by atomic mass is 32.2. The van der Waals surface area contributed by atoms with Gasteiger partial charge in [-0.2, -0.15) is 0 Å². The molecule has 1 aromatic heterocycles. The SMILES string of the molecule is Cc1cc(OCCCS(C)(=O)=O)cc(C)c1-c1cccc(OC=C2C=C3OCC(CC(=O)O)C3=CC2)n1. The summed E-state index contributed by atoms with van der Waals surface area (Å²) in [7, 11) is -3.00. The van der Waals surface area contributed by atoms with Crippen molar-refractivity contribution in [2.45, 2.75) is 33.1 Å². The van der Waals surface area contributed by atoms with E-state index in [0.717, 1.165) is 33.5 Å². The van der Waals surface area contributed by atoms with Crippen LogP contribution in [0.2, 0.25) is 0 Å². The van der Waals surface area contributed by atoms with E-state index in [1.807, 2.05) is 50.3 Å². The summed E-state index contributed by atoms with van der Waals surface area (Å²) in [6.07, 6.45) is 7.90. The standard InChI is InChI=1S/C28H31NO7S/c1-18-12-22(34-10-5-11-37(3,32)33)13-19(2)28(18)24-6-4-7-26(29-24)36-16-20-8-9-23-21(15-27(30)31)17-35-25(23)14-20/h4,6-7,9,12-14,16,21H,5,8,10-11,15,17H2,1-3H3,(H,30,31). The van der Waals surface area contributed by atoms with E-state index in [-0.39, 0.29) is 18.1 Å². The van der Waals surface area contributed by atoms with Crippen LogP contribution in [0, 0.1) is 19.8 Å². The lowest BCUT2D eigenvalue weighted by Crippen LogP contribution is -2.09. The Kier molecular flexibility index (Phi) is 8.02. The van der Waals surface area contributed by atoms with Gasteiger partial charge in [-0.1, -0.05) is 12.1 Å². The minimum Gasteiger partial charge on any atom is -0.494 e. The Morgan fingerprint density at radius 1 is 1.24 bits per heavy atom. The number of carboxylic acid groups (broad SMARTS) is 1. The van der Waals surface area contributed by atoms with E-state index < -0.39 is 15.8 Å². The molecule has 1 aromatic carbocycles. The summed E-state index contributed by atoms with van der Waals surface area (Å²) in [5.41, 5.74) is 5.60. The Morgan fingerprint density at radius 2 is 2.00 bits per heavy atom. The minimum atomic E-state index is -3.00. The van der Waals surface area contributed by atoms with Gasteiger partial charge < -0.3 is 19.3 Å². The molecule has 9 heteroatoms. The van der Waals surface area contributed by atoms with Gasteiger partial charge in [-0.05, 0) is 73.2 Å². The van der Waals surface area contributed by atoms with Crippen LogP contribution in [0.5, 0.6) is 11.6 Å². The molecule has 1 N–H and O–H groups in total. The minimum absolute atomic E-state index is 0.0601. The lowest BCUT2D eigenvalue weighted by molar-refractivity contribution is -0.137. The fourth-order valence-corrected chi connectivity index (χ4v) is 5.19. The molecule has 1 unspecified atom stereocenters. The van der Waals surface area contributed by atoms with Gasteiger partial charge in [-0.15, -0.1) is 0 Å². The van der Waals surface area contributed by atoms with E-state index in [0.29, 0.717) is 43.4 Å². The molecule has 8 nitrogen and oxygen atoms in total. The number of allylic oxidation sites excluding steroid dienone is 4. The molecule has 1 atom stereocenters. The number of nitrogens with zero attached hydrogens (tertiary/aromatic N) is 1. The molecule has 0 radical (unpaired) electrons. The van der Waals surface area contributed by atoms with Crippen LogP contribution >= 0.6 is 0 Å². The molecule has 0 spiro atoms. The summed E-state index contributed by atoms with van der Waals surface area (Å²) in [6, 6.07) is 9.46. The zero-order valence-corrected chi connectivity index (χ0v) is 22.0. The van der Waals surface area contributed by atoms with E-state index >= 15 is 0 Å². The number of benzene rings is 1. The van der Waals surface area contributed by atoms with Crippen molar-refractivity contribution in [3.8, 4) is 22.9 Å². The number of rotatable bonds is 10. The lowest BCUT2D eigenvalue weighted by Gasteiger charge is -2.14. The molecule has 4 rings (SSSR count). The molecule has 2 aliphatic rings. The topological polar surface area (TPSA) is 112 Å². The number of ether oxygens (including phenoxy) is 3. The van der Waals surface area contributed by atoms with E-state index in [2.05, 4.69) is 4.98 Å². The number of aromatic nitrogens is 1. The molecule has 37 heavy (non-hydrogen) atoms. The summed E-state index contributed by atoms with van der Waals surface area (Å²) in [5.74, 6) is 1.02. The number of pyridine rings is 1. The van der Waals surface area contributed by atoms with Crippen LogP contribution in [0.4, 0.5) is 0 Å². The van der Waals surface area contributed by atoms with Gasteiger partial charge in [-0.3, -0.25) is 4.79 Å². The first-order valence-electron chi connectivity index (χ1n) is 12.1. The van der Waals surface area contributed by atoms with Crippen LogP contribution < -0.4 is 9.47 Å². The Hall–Kier alpha value is -3.59. The predicted octanol–water partition coefficient (Wildman–Crippen LogP) is 4.78. The molecular weight excluding hydrogens is 494 g/mol. The van der Waals surface area contributed by atoms with Crippen molar-refractivity contribution < 1.29 is 32.5 Å². The Morgan fingerprint density at radius 3 is 2.70 bits per heavy atom. The number of hydrogen-bond donors (Lipinski definition) is 1. The van der Waals surface area contributed by atoms with Crippen molar-refractivity contribution in [1.29, 1.82) is 0 Å². The highest BCUT2D eigenvalue weighted by molar-refractivity contribution is 7.90. The van der Waals surface area contributed by atoms with Crippen LogP contribution in [0.3, 0.4) is 0 Å². The summed E-state index contributed by atoms with van der Waals surface area (Å²) in [5, 5.41) is 9.08. The van der Waals surface area contributed by atoms with Crippen LogP contribution in [-0.4, -0.2) is 49.7 Å². The van der Waals surface area contributed by atoms with Gasteiger partial charge in [0.05, 0.1) is 37.3 Å². The van der Waals surface area contributed by atoms with Gasteiger partial charge in [0.1, 0.15) is 21.3 Å².